The van der Waals surface area contributed by atoms with Gasteiger partial charge in [-0.2, -0.15) is 5.26 Å². The maximum Gasteiger partial charge on any atom is 0.274 e. The number of nitrogens with one attached hydrogen (secondary N) is 2. The maximum atomic E-state index is 12.6. The molecule has 134 valence electrons. The van der Waals surface area contributed by atoms with Gasteiger partial charge in [0.15, 0.2) is 0 Å². The molecule has 1 heterocycles. The molecule has 0 fully saturated rings. The van der Waals surface area contributed by atoms with Gasteiger partial charge < -0.3 is 10.6 Å². The molecule has 0 spiro atoms. The van der Waals surface area contributed by atoms with Gasteiger partial charge in [-0.1, -0.05) is 12.1 Å². The SMILES string of the molecule is Cc1cc(C)cc(NC(=O)c2cc(Nc3cccc(C#N)c3)nc(C)n2)c1. The van der Waals surface area contributed by atoms with Crippen LogP contribution in [0.5, 0.6) is 0 Å². The second-order valence-electron chi connectivity index (χ2n) is 6.33. The zero-order chi connectivity index (χ0) is 19.4. The number of amides is 1. The van der Waals surface area contributed by atoms with Crippen LogP contribution in [0.25, 0.3) is 0 Å². The summed E-state index contributed by atoms with van der Waals surface area (Å²) in [5.41, 5.74) is 4.39. The fourth-order valence-electron chi connectivity index (χ4n) is 2.80. The van der Waals surface area contributed by atoms with Crippen LogP contribution >= 0.6 is 0 Å². The van der Waals surface area contributed by atoms with Gasteiger partial charge >= 0.3 is 0 Å². The number of benzene rings is 2. The van der Waals surface area contributed by atoms with E-state index in [0.717, 1.165) is 16.8 Å². The lowest BCUT2D eigenvalue weighted by molar-refractivity contribution is 0.102. The summed E-state index contributed by atoms with van der Waals surface area (Å²) in [5.74, 6) is 0.657. The Hall–Kier alpha value is -3.72. The number of anilines is 3. The van der Waals surface area contributed by atoms with Crippen molar-refractivity contribution in [3.8, 4) is 6.07 Å². The van der Waals surface area contributed by atoms with E-state index in [1.54, 1.807) is 31.2 Å². The fourth-order valence-corrected chi connectivity index (χ4v) is 2.80. The Bertz CT molecular complexity index is 1030. The lowest BCUT2D eigenvalue weighted by Gasteiger charge is -2.10. The van der Waals surface area contributed by atoms with Crippen molar-refractivity contribution in [3.63, 3.8) is 0 Å². The van der Waals surface area contributed by atoms with E-state index >= 15 is 0 Å². The van der Waals surface area contributed by atoms with E-state index in [0.29, 0.717) is 22.9 Å². The first-order valence-electron chi connectivity index (χ1n) is 8.45. The van der Waals surface area contributed by atoms with E-state index in [2.05, 4.69) is 26.7 Å². The van der Waals surface area contributed by atoms with Gasteiger partial charge in [0.1, 0.15) is 17.3 Å². The minimum absolute atomic E-state index is 0.264. The quantitative estimate of drug-likeness (QED) is 0.728. The minimum atomic E-state index is -0.306. The summed E-state index contributed by atoms with van der Waals surface area (Å²) in [7, 11) is 0. The number of carbonyl (C=O) groups is 1. The van der Waals surface area contributed by atoms with Gasteiger partial charge in [0, 0.05) is 17.4 Å². The topological polar surface area (TPSA) is 90.7 Å². The number of aromatic nitrogens is 2. The first-order valence-corrected chi connectivity index (χ1v) is 8.45. The second-order valence-corrected chi connectivity index (χ2v) is 6.33. The zero-order valence-electron chi connectivity index (χ0n) is 15.4. The average Bonchev–Trinajstić information content (AvgIpc) is 2.60. The molecule has 6 nitrogen and oxygen atoms in total. The van der Waals surface area contributed by atoms with Crippen LogP contribution in [-0.4, -0.2) is 15.9 Å². The smallest absolute Gasteiger partial charge is 0.274 e. The summed E-state index contributed by atoms with van der Waals surface area (Å²) in [5, 5.41) is 15.0. The van der Waals surface area contributed by atoms with Crippen molar-refractivity contribution in [2.75, 3.05) is 10.6 Å². The highest BCUT2D eigenvalue weighted by Gasteiger charge is 2.12. The molecule has 27 heavy (non-hydrogen) atoms. The Morgan fingerprint density at radius 3 is 2.41 bits per heavy atom. The van der Waals surface area contributed by atoms with E-state index in [9.17, 15) is 4.79 Å². The maximum absolute atomic E-state index is 12.6. The van der Waals surface area contributed by atoms with Crippen LogP contribution in [0.1, 0.15) is 33.0 Å². The molecule has 0 unspecified atom stereocenters. The van der Waals surface area contributed by atoms with Gasteiger partial charge in [0.05, 0.1) is 11.6 Å². The van der Waals surface area contributed by atoms with Crippen LogP contribution in [0.4, 0.5) is 17.2 Å². The van der Waals surface area contributed by atoms with E-state index in [-0.39, 0.29) is 11.6 Å². The minimum Gasteiger partial charge on any atom is -0.340 e. The number of aryl methyl sites for hydroxylation is 3. The molecule has 0 aliphatic carbocycles. The summed E-state index contributed by atoms with van der Waals surface area (Å²) in [6.45, 7) is 5.69. The molecule has 2 N–H and O–H groups in total. The molecule has 2 aromatic carbocycles. The van der Waals surface area contributed by atoms with E-state index < -0.39 is 0 Å². The van der Waals surface area contributed by atoms with Crippen molar-refractivity contribution >= 4 is 23.1 Å². The second kappa shape index (κ2) is 7.67. The molecule has 3 aromatic rings. The van der Waals surface area contributed by atoms with Crippen molar-refractivity contribution in [2.24, 2.45) is 0 Å². The summed E-state index contributed by atoms with van der Waals surface area (Å²) >= 11 is 0. The molecule has 0 aliphatic rings. The molecule has 0 aliphatic heterocycles. The molecular formula is C21H19N5O. The van der Waals surface area contributed by atoms with Crippen molar-refractivity contribution in [2.45, 2.75) is 20.8 Å². The molecule has 0 saturated carbocycles. The largest absolute Gasteiger partial charge is 0.340 e. The van der Waals surface area contributed by atoms with E-state index in [1.807, 2.05) is 38.1 Å². The summed E-state index contributed by atoms with van der Waals surface area (Å²) < 4.78 is 0. The summed E-state index contributed by atoms with van der Waals surface area (Å²) in [4.78, 5) is 21.2. The number of rotatable bonds is 4. The van der Waals surface area contributed by atoms with Crippen molar-refractivity contribution in [3.05, 3.63) is 76.7 Å². The zero-order valence-corrected chi connectivity index (χ0v) is 15.4. The average molecular weight is 357 g/mol. The van der Waals surface area contributed by atoms with Gasteiger partial charge in [-0.15, -0.1) is 0 Å². The molecule has 6 heteroatoms. The highest BCUT2D eigenvalue weighted by Crippen LogP contribution is 2.18. The third-order valence-corrected chi connectivity index (χ3v) is 3.81. The predicted molar refractivity (Wildman–Crippen MR) is 105 cm³/mol. The molecule has 0 radical (unpaired) electrons. The Labute approximate surface area is 157 Å². The van der Waals surface area contributed by atoms with Crippen LogP contribution in [0.2, 0.25) is 0 Å². The molecular weight excluding hydrogens is 338 g/mol. The predicted octanol–water partition coefficient (Wildman–Crippen LogP) is 4.27. The number of nitriles is 1. The summed E-state index contributed by atoms with van der Waals surface area (Å²) in [6.07, 6.45) is 0. The van der Waals surface area contributed by atoms with Crippen molar-refractivity contribution in [1.82, 2.24) is 9.97 Å². The molecule has 1 amide bonds. The third kappa shape index (κ3) is 4.67. The first kappa shape index (κ1) is 18.1. The Kier molecular flexibility index (Phi) is 5.13. The van der Waals surface area contributed by atoms with Gasteiger partial charge in [-0.25, -0.2) is 9.97 Å². The van der Waals surface area contributed by atoms with Crippen LogP contribution in [0.15, 0.2) is 48.5 Å². The van der Waals surface area contributed by atoms with E-state index in [4.69, 9.17) is 5.26 Å². The Balaban J connectivity index is 1.83. The first-order chi connectivity index (χ1) is 12.9. The van der Waals surface area contributed by atoms with Crippen molar-refractivity contribution in [1.29, 1.82) is 5.26 Å². The monoisotopic (exact) mass is 357 g/mol. The molecule has 0 saturated heterocycles. The van der Waals surface area contributed by atoms with Crippen LogP contribution in [0.3, 0.4) is 0 Å². The fraction of sp³-hybridized carbons (Fsp3) is 0.143. The number of nitrogens with zero attached hydrogens (tertiary/aromatic N) is 3. The number of carbonyl (C=O) groups excluding carboxylic acids is 1. The highest BCUT2D eigenvalue weighted by atomic mass is 16.1. The lowest BCUT2D eigenvalue weighted by Crippen LogP contribution is -2.15. The molecule has 0 bridgehead atoms. The molecule has 3 rings (SSSR count). The normalized spacial score (nSPS) is 10.1. The Morgan fingerprint density at radius 1 is 0.963 bits per heavy atom. The Morgan fingerprint density at radius 2 is 1.70 bits per heavy atom. The van der Waals surface area contributed by atoms with Gasteiger partial charge in [0.25, 0.3) is 5.91 Å². The lowest BCUT2D eigenvalue weighted by atomic mass is 10.1. The number of hydrogen-bond acceptors (Lipinski definition) is 5. The standard InChI is InChI=1S/C21H19N5O/c1-13-7-14(2)9-18(8-13)26-21(27)19-11-20(24-15(3)23-19)25-17-6-4-5-16(10-17)12-22/h4-11H,1-3H3,(H,26,27)(H,23,24,25). The van der Waals surface area contributed by atoms with Crippen LogP contribution in [0, 0.1) is 32.1 Å². The van der Waals surface area contributed by atoms with Crippen LogP contribution in [-0.2, 0) is 0 Å². The van der Waals surface area contributed by atoms with Gasteiger partial charge in [0.2, 0.25) is 0 Å². The van der Waals surface area contributed by atoms with Gasteiger partial charge in [-0.3, -0.25) is 4.79 Å². The summed E-state index contributed by atoms with van der Waals surface area (Å²) in [6, 6.07) is 16.6. The highest BCUT2D eigenvalue weighted by molar-refractivity contribution is 6.03. The van der Waals surface area contributed by atoms with Crippen LogP contribution < -0.4 is 10.6 Å². The van der Waals surface area contributed by atoms with Crippen molar-refractivity contribution < 1.29 is 4.79 Å². The van der Waals surface area contributed by atoms with Gasteiger partial charge in [-0.05, 0) is 62.2 Å². The number of hydrogen-bond donors (Lipinski definition) is 2. The molecule has 0 atom stereocenters. The van der Waals surface area contributed by atoms with E-state index in [1.165, 1.54) is 0 Å². The third-order valence-electron chi connectivity index (χ3n) is 3.81. The molecule has 1 aromatic heterocycles.